The van der Waals surface area contributed by atoms with Crippen LogP contribution in [-0.2, 0) is 0 Å². The van der Waals surface area contributed by atoms with Crippen LogP contribution in [0.5, 0.6) is 5.75 Å². The molecule has 1 aromatic heterocycles. The molecule has 0 saturated heterocycles. The van der Waals surface area contributed by atoms with E-state index in [-0.39, 0.29) is 24.0 Å². The maximum Gasteiger partial charge on any atom is 0.191 e. The molecule has 114 valence electrons. The smallest absolute Gasteiger partial charge is 0.191 e. The minimum absolute atomic E-state index is 0. The van der Waals surface area contributed by atoms with Crippen LogP contribution in [0.25, 0.3) is 0 Å². The van der Waals surface area contributed by atoms with E-state index >= 15 is 0 Å². The summed E-state index contributed by atoms with van der Waals surface area (Å²) in [6.45, 7) is 9.32. The lowest BCUT2D eigenvalue weighted by molar-refractivity contribution is 0.320. The molecule has 0 aliphatic heterocycles. The Hall–Kier alpha value is -1.05. The molecule has 0 aromatic carbocycles. The van der Waals surface area contributed by atoms with Crippen LogP contribution in [0.3, 0.4) is 0 Å². The fourth-order valence-electron chi connectivity index (χ4n) is 1.39. The fraction of sp³-hybridized carbons (Fsp3) is 0.571. The summed E-state index contributed by atoms with van der Waals surface area (Å²) in [5.41, 5.74) is 0. The average Bonchev–Trinajstić information content (AvgIpc) is 2.41. The second kappa shape index (κ2) is 11.7. The zero-order chi connectivity index (χ0) is 13.9. The van der Waals surface area contributed by atoms with Gasteiger partial charge in [-0.15, -0.1) is 24.0 Å². The van der Waals surface area contributed by atoms with Gasteiger partial charge in [-0.3, -0.25) is 9.98 Å². The summed E-state index contributed by atoms with van der Waals surface area (Å²) in [5, 5.41) is 6.45. The van der Waals surface area contributed by atoms with Crippen molar-refractivity contribution in [2.75, 3.05) is 26.2 Å². The normalized spacial score (nSPS) is 10.9. The highest BCUT2D eigenvalue weighted by atomic mass is 127. The Morgan fingerprint density at radius 2 is 2.20 bits per heavy atom. The van der Waals surface area contributed by atoms with Gasteiger partial charge in [0.2, 0.25) is 0 Å². The molecule has 2 N–H and O–H groups in total. The van der Waals surface area contributed by atoms with Crippen molar-refractivity contribution in [2.45, 2.75) is 20.8 Å². The highest BCUT2D eigenvalue weighted by Crippen LogP contribution is 2.04. The largest absolute Gasteiger partial charge is 0.490 e. The molecule has 20 heavy (non-hydrogen) atoms. The summed E-state index contributed by atoms with van der Waals surface area (Å²) >= 11 is 0. The predicted molar refractivity (Wildman–Crippen MR) is 94.0 cm³/mol. The van der Waals surface area contributed by atoms with E-state index in [1.807, 2.05) is 12.1 Å². The molecule has 0 aliphatic carbocycles. The van der Waals surface area contributed by atoms with E-state index in [2.05, 4.69) is 41.4 Å². The van der Waals surface area contributed by atoms with Crippen LogP contribution >= 0.6 is 24.0 Å². The molecule has 0 radical (unpaired) electrons. The fourth-order valence-corrected chi connectivity index (χ4v) is 1.39. The number of pyridine rings is 1. The third-order valence-electron chi connectivity index (χ3n) is 2.26. The Kier molecular flexibility index (Phi) is 11.1. The van der Waals surface area contributed by atoms with Gasteiger partial charge in [0.05, 0.1) is 12.7 Å². The number of nitrogens with zero attached hydrogens (tertiary/aromatic N) is 2. The van der Waals surface area contributed by atoms with Gasteiger partial charge >= 0.3 is 0 Å². The third kappa shape index (κ3) is 8.95. The van der Waals surface area contributed by atoms with Crippen LogP contribution in [0.15, 0.2) is 29.5 Å². The van der Waals surface area contributed by atoms with E-state index < -0.39 is 0 Å². The topological polar surface area (TPSA) is 58.5 Å². The van der Waals surface area contributed by atoms with Crippen molar-refractivity contribution in [1.29, 1.82) is 0 Å². The van der Waals surface area contributed by atoms with Crippen LogP contribution in [0, 0.1) is 5.92 Å². The van der Waals surface area contributed by atoms with E-state index in [4.69, 9.17) is 4.74 Å². The maximum atomic E-state index is 5.55. The van der Waals surface area contributed by atoms with Crippen molar-refractivity contribution in [3.05, 3.63) is 24.5 Å². The molecular formula is C14H25IN4O. The monoisotopic (exact) mass is 392 g/mol. The number of hydrogen-bond donors (Lipinski definition) is 2. The molecular weight excluding hydrogens is 367 g/mol. The Morgan fingerprint density at radius 1 is 1.40 bits per heavy atom. The van der Waals surface area contributed by atoms with E-state index in [9.17, 15) is 0 Å². The zero-order valence-electron chi connectivity index (χ0n) is 12.4. The van der Waals surface area contributed by atoms with Gasteiger partial charge in [-0.1, -0.05) is 13.8 Å². The van der Waals surface area contributed by atoms with Crippen LogP contribution in [0.2, 0.25) is 0 Å². The Labute approximate surface area is 138 Å². The quantitative estimate of drug-likeness (QED) is 0.324. The van der Waals surface area contributed by atoms with Gasteiger partial charge in [0.15, 0.2) is 5.96 Å². The summed E-state index contributed by atoms with van der Waals surface area (Å²) < 4.78 is 5.55. The van der Waals surface area contributed by atoms with Gasteiger partial charge in [-0.05, 0) is 25.0 Å². The van der Waals surface area contributed by atoms with E-state index in [1.54, 1.807) is 12.4 Å². The molecule has 0 fully saturated rings. The summed E-state index contributed by atoms with van der Waals surface area (Å²) in [6.07, 6.45) is 3.44. The van der Waals surface area contributed by atoms with Crippen molar-refractivity contribution in [2.24, 2.45) is 10.9 Å². The second-order valence-corrected chi connectivity index (χ2v) is 4.58. The number of ether oxygens (including phenoxy) is 1. The number of aromatic nitrogens is 1. The minimum Gasteiger partial charge on any atom is -0.490 e. The minimum atomic E-state index is 0. The molecule has 1 heterocycles. The van der Waals surface area contributed by atoms with Crippen LogP contribution in [0.1, 0.15) is 20.8 Å². The molecule has 0 atom stereocenters. The lowest BCUT2D eigenvalue weighted by Gasteiger charge is -2.12. The number of rotatable bonds is 7. The van der Waals surface area contributed by atoms with E-state index in [1.165, 1.54) is 0 Å². The summed E-state index contributed by atoms with van der Waals surface area (Å²) in [5.74, 6) is 2.18. The first-order valence-corrected chi connectivity index (χ1v) is 6.77. The van der Waals surface area contributed by atoms with Gasteiger partial charge in [0, 0.05) is 19.3 Å². The zero-order valence-corrected chi connectivity index (χ0v) is 14.8. The Morgan fingerprint density at radius 3 is 2.80 bits per heavy atom. The lowest BCUT2D eigenvalue weighted by Crippen LogP contribution is -2.39. The molecule has 0 saturated carbocycles. The van der Waals surface area contributed by atoms with Crippen molar-refractivity contribution in [3.63, 3.8) is 0 Å². The first-order chi connectivity index (χ1) is 9.22. The SMILES string of the molecule is CCNC(=NCC(C)C)NCCOc1cccnc1.I. The first kappa shape index (κ1) is 18.9. The Bertz CT molecular complexity index is 371. The van der Waals surface area contributed by atoms with Crippen LogP contribution in [-0.4, -0.2) is 37.2 Å². The summed E-state index contributed by atoms with van der Waals surface area (Å²) in [7, 11) is 0. The third-order valence-corrected chi connectivity index (χ3v) is 2.26. The molecule has 0 aliphatic rings. The number of aliphatic imine (C=N–C) groups is 1. The molecule has 6 heteroatoms. The molecule has 1 rings (SSSR count). The number of guanidine groups is 1. The molecule has 0 bridgehead atoms. The summed E-state index contributed by atoms with van der Waals surface area (Å²) in [6, 6.07) is 3.75. The molecule has 0 amide bonds. The highest BCUT2D eigenvalue weighted by Gasteiger charge is 1.98. The first-order valence-electron chi connectivity index (χ1n) is 6.77. The second-order valence-electron chi connectivity index (χ2n) is 4.58. The highest BCUT2D eigenvalue weighted by molar-refractivity contribution is 14.0. The summed E-state index contributed by atoms with van der Waals surface area (Å²) in [4.78, 5) is 8.48. The van der Waals surface area contributed by atoms with Gasteiger partial charge in [0.1, 0.15) is 12.4 Å². The van der Waals surface area contributed by atoms with Crippen molar-refractivity contribution >= 4 is 29.9 Å². The number of nitrogens with one attached hydrogen (secondary N) is 2. The van der Waals surface area contributed by atoms with Gasteiger partial charge < -0.3 is 15.4 Å². The van der Waals surface area contributed by atoms with Gasteiger partial charge in [-0.2, -0.15) is 0 Å². The molecule has 1 aromatic rings. The molecule has 0 unspecified atom stereocenters. The van der Waals surface area contributed by atoms with Crippen LogP contribution in [0.4, 0.5) is 0 Å². The molecule has 0 spiro atoms. The van der Waals surface area contributed by atoms with E-state index in [0.29, 0.717) is 19.1 Å². The van der Waals surface area contributed by atoms with Crippen molar-refractivity contribution in [1.82, 2.24) is 15.6 Å². The molecule has 5 nitrogen and oxygen atoms in total. The van der Waals surface area contributed by atoms with Crippen molar-refractivity contribution in [3.8, 4) is 5.75 Å². The van der Waals surface area contributed by atoms with Gasteiger partial charge in [0.25, 0.3) is 0 Å². The maximum absolute atomic E-state index is 5.55. The number of halogens is 1. The predicted octanol–water partition coefficient (Wildman–Crippen LogP) is 2.29. The average molecular weight is 392 g/mol. The Balaban J connectivity index is 0.00000361. The van der Waals surface area contributed by atoms with Crippen molar-refractivity contribution < 1.29 is 4.74 Å². The number of hydrogen-bond acceptors (Lipinski definition) is 3. The lowest BCUT2D eigenvalue weighted by atomic mass is 10.2. The van der Waals surface area contributed by atoms with E-state index in [0.717, 1.165) is 24.8 Å². The van der Waals surface area contributed by atoms with Gasteiger partial charge in [-0.25, -0.2) is 0 Å². The van der Waals surface area contributed by atoms with Crippen LogP contribution < -0.4 is 15.4 Å². The standard InChI is InChI=1S/C14H24N4O.HI/c1-4-16-14(18-10-12(2)3)17-8-9-19-13-6-5-7-15-11-13;/h5-7,11-12H,4,8-10H2,1-3H3,(H2,16,17,18);1H.